The number of hydrogen-bond donors (Lipinski definition) is 2. The Hall–Kier alpha value is -0.610. The van der Waals surface area contributed by atoms with Gasteiger partial charge >= 0.3 is 5.97 Å². The van der Waals surface area contributed by atoms with Gasteiger partial charge < -0.3 is 10.4 Å². The van der Waals surface area contributed by atoms with Gasteiger partial charge in [-0.1, -0.05) is 0 Å². The molecule has 2 unspecified atom stereocenters. The normalized spacial score (nSPS) is 25.9. The molecule has 76 valence electrons. The zero-order chi connectivity index (χ0) is 9.84. The highest BCUT2D eigenvalue weighted by Gasteiger charge is 2.25. The van der Waals surface area contributed by atoms with Gasteiger partial charge in [0, 0.05) is 12.6 Å². The van der Waals surface area contributed by atoms with Crippen LogP contribution in [0.4, 0.5) is 0 Å². The monoisotopic (exact) mass is 186 g/mol. The third kappa shape index (κ3) is 2.67. The molecule has 0 amide bonds. The van der Waals surface area contributed by atoms with Crippen LogP contribution in [0.2, 0.25) is 0 Å². The van der Waals surface area contributed by atoms with Gasteiger partial charge in [-0.15, -0.1) is 0 Å². The van der Waals surface area contributed by atoms with Gasteiger partial charge in [-0.05, 0) is 33.4 Å². The first-order chi connectivity index (χ1) is 6.13. The molecule has 0 aromatic heterocycles. The van der Waals surface area contributed by atoms with E-state index in [9.17, 15) is 4.79 Å². The van der Waals surface area contributed by atoms with Crippen molar-refractivity contribution in [3.63, 3.8) is 0 Å². The lowest BCUT2D eigenvalue weighted by Crippen LogP contribution is -2.49. The second-order valence-electron chi connectivity index (χ2n) is 3.68. The lowest BCUT2D eigenvalue weighted by atomic mass is 10.1. The number of nitrogens with one attached hydrogen (secondary N) is 1. The molecule has 0 radical (unpaired) electrons. The van der Waals surface area contributed by atoms with Gasteiger partial charge in [-0.25, -0.2) is 0 Å². The highest BCUT2D eigenvalue weighted by molar-refractivity contribution is 5.72. The highest BCUT2D eigenvalue weighted by atomic mass is 16.4. The molecule has 1 rings (SSSR count). The number of hydrogen-bond acceptors (Lipinski definition) is 3. The van der Waals surface area contributed by atoms with Gasteiger partial charge in [0.15, 0.2) is 0 Å². The van der Waals surface area contributed by atoms with Crippen molar-refractivity contribution in [2.45, 2.75) is 31.8 Å². The van der Waals surface area contributed by atoms with Crippen molar-refractivity contribution in [1.29, 1.82) is 0 Å². The molecule has 0 spiro atoms. The quantitative estimate of drug-likeness (QED) is 0.658. The Bertz CT molecular complexity index is 178. The molecule has 0 aliphatic carbocycles. The maximum absolute atomic E-state index is 10.7. The molecule has 2 N–H and O–H groups in total. The van der Waals surface area contributed by atoms with Crippen LogP contribution in [0.25, 0.3) is 0 Å². The molecule has 1 saturated heterocycles. The fourth-order valence-electron chi connectivity index (χ4n) is 1.67. The molecule has 2 atom stereocenters. The summed E-state index contributed by atoms with van der Waals surface area (Å²) < 4.78 is 0. The van der Waals surface area contributed by atoms with Crippen LogP contribution < -0.4 is 5.32 Å². The predicted molar refractivity (Wildman–Crippen MR) is 50.8 cm³/mol. The molecule has 0 aromatic carbocycles. The van der Waals surface area contributed by atoms with Crippen molar-refractivity contribution < 1.29 is 9.90 Å². The Kier molecular flexibility index (Phi) is 3.69. The topological polar surface area (TPSA) is 52.6 Å². The molecular formula is C9H18N2O2. The van der Waals surface area contributed by atoms with Gasteiger partial charge in [-0.2, -0.15) is 0 Å². The first kappa shape index (κ1) is 10.5. The third-order valence-electron chi connectivity index (χ3n) is 2.82. The van der Waals surface area contributed by atoms with Crippen molar-refractivity contribution in [2.75, 3.05) is 20.1 Å². The van der Waals surface area contributed by atoms with Crippen LogP contribution in [0.1, 0.15) is 19.8 Å². The van der Waals surface area contributed by atoms with Crippen molar-refractivity contribution in [3.05, 3.63) is 0 Å². The lowest BCUT2D eigenvalue weighted by molar-refractivity contribution is -0.143. The number of aliphatic carboxylic acids is 1. The SMILES string of the molecule is CC(C(=O)O)N(C)C1CCCNC1. The van der Waals surface area contributed by atoms with E-state index in [4.69, 9.17) is 5.11 Å². The minimum Gasteiger partial charge on any atom is -0.480 e. The molecule has 0 saturated carbocycles. The van der Waals surface area contributed by atoms with Gasteiger partial charge in [0.2, 0.25) is 0 Å². The van der Waals surface area contributed by atoms with Gasteiger partial charge in [0.05, 0.1) is 0 Å². The van der Waals surface area contributed by atoms with E-state index in [-0.39, 0.29) is 6.04 Å². The Morgan fingerprint density at radius 1 is 1.69 bits per heavy atom. The van der Waals surface area contributed by atoms with E-state index >= 15 is 0 Å². The molecule has 4 nitrogen and oxygen atoms in total. The van der Waals surface area contributed by atoms with E-state index in [2.05, 4.69) is 5.32 Å². The Morgan fingerprint density at radius 3 is 2.85 bits per heavy atom. The molecule has 1 aliphatic heterocycles. The number of carbonyl (C=O) groups is 1. The zero-order valence-corrected chi connectivity index (χ0v) is 8.29. The number of carboxylic acid groups (broad SMARTS) is 1. The van der Waals surface area contributed by atoms with Crippen LogP contribution in [0, 0.1) is 0 Å². The van der Waals surface area contributed by atoms with E-state index in [0.29, 0.717) is 6.04 Å². The fourth-order valence-corrected chi connectivity index (χ4v) is 1.67. The summed E-state index contributed by atoms with van der Waals surface area (Å²) in [5, 5.41) is 12.1. The maximum atomic E-state index is 10.7. The van der Waals surface area contributed by atoms with Crippen LogP contribution >= 0.6 is 0 Å². The Labute approximate surface area is 78.9 Å². The van der Waals surface area contributed by atoms with Crippen LogP contribution in [0.5, 0.6) is 0 Å². The second kappa shape index (κ2) is 4.58. The first-order valence-electron chi connectivity index (χ1n) is 4.78. The minimum atomic E-state index is -0.743. The number of carboxylic acids is 1. The summed E-state index contributed by atoms with van der Waals surface area (Å²) >= 11 is 0. The standard InChI is InChI=1S/C9H18N2O2/c1-7(9(12)13)11(2)8-4-3-5-10-6-8/h7-8,10H,3-6H2,1-2H3,(H,12,13). The van der Waals surface area contributed by atoms with Crippen LogP contribution in [0.15, 0.2) is 0 Å². The van der Waals surface area contributed by atoms with Crippen LogP contribution in [0.3, 0.4) is 0 Å². The van der Waals surface area contributed by atoms with E-state index in [1.807, 2.05) is 11.9 Å². The molecular weight excluding hydrogens is 168 g/mol. The highest BCUT2D eigenvalue weighted by Crippen LogP contribution is 2.11. The average molecular weight is 186 g/mol. The van der Waals surface area contributed by atoms with Gasteiger partial charge in [-0.3, -0.25) is 9.69 Å². The first-order valence-corrected chi connectivity index (χ1v) is 4.78. The van der Waals surface area contributed by atoms with E-state index in [0.717, 1.165) is 25.9 Å². The third-order valence-corrected chi connectivity index (χ3v) is 2.82. The Balaban J connectivity index is 2.44. The summed E-state index contributed by atoms with van der Waals surface area (Å²) in [4.78, 5) is 12.7. The van der Waals surface area contributed by atoms with E-state index in [1.165, 1.54) is 0 Å². The maximum Gasteiger partial charge on any atom is 0.320 e. The Morgan fingerprint density at radius 2 is 2.38 bits per heavy atom. The number of piperidine rings is 1. The lowest BCUT2D eigenvalue weighted by Gasteiger charge is -2.33. The van der Waals surface area contributed by atoms with Crippen molar-refractivity contribution in [3.8, 4) is 0 Å². The molecule has 4 heteroatoms. The van der Waals surface area contributed by atoms with E-state index in [1.54, 1.807) is 6.92 Å². The van der Waals surface area contributed by atoms with Crippen molar-refractivity contribution >= 4 is 5.97 Å². The molecule has 1 heterocycles. The molecule has 0 bridgehead atoms. The zero-order valence-electron chi connectivity index (χ0n) is 8.29. The largest absolute Gasteiger partial charge is 0.480 e. The predicted octanol–water partition coefficient (Wildman–Crippen LogP) is 0.143. The second-order valence-corrected chi connectivity index (χ2v) is 3.68. The number of rotatable bonds is 3. The van der Waals surface area contributed by atoms with E-state index < -0.39 is 5.97 Å². The van der Waals surface area contributed by atoms with Crippen molar-refractivity contribution in [1.82, 2.24) is 10.2 Å². The van der Waals surface area contributed by atoms with Crippen molar-refractivity contribution in [2.24, 2.45) is 0 Å². The summed E-state index contributed by atoms with van der Waals surface area (Å²) in [5.74, 6) is -0.743. The van der Waals surface area contributed by atoms with Gasteiger partial charge in [0.25, 0.3) is 0 Å². The average Bonchev–Trinajstić information content (AvgIpc) is 2.17. The van der Waals surface area contributed by atoms with Crippen LogP contribution in [-0.2, 0) is 4.79 Å². The fraction of sp³-hybridized carbons (Fsp3) is 0.889. The minimum absolute atomic E-state index is 0.375. The molecule has 1 aliphatic rings. The summed E-state index contributed by atoms with van der Waals surface area (Å²) in [7, 11) is 1.89. The molecule has 13 heavy (non-hydrogen) atoms. The van der Waals surface area contributed by atoms with Crippen LogP contribution in [-0.4, -0.2) is 48.2 Å². The summed E-state index contributed by atoms with van der Waals surface area (Å²) in [6.07, 6.45) is 2.24. The van der Waals surface area contributed by atoms with Gasteiger partial charge in [0.1, 0.15) is 6.04 Å². The summed E-state index contributed by atoms with van der Waals surface area (Å²) in [5.41, 5.74) is 0. The number of nitrogens with zero attached hydrogens (tertiary/aromatic N) is 1. The number of likely N-dealkylation sites (N-methyl/N-ethyl adjacent to an activating group) is 1. The smallest absolute Gasteiger partial charge is 0.320 e. The summed E-state index contributed by atoms with van der Waals surface area (Å²) in [6.45, 7) is 3.71. The summed E-state index contributed by atoms with van der Waals surface area (Å²) in [6, 6.07) is -0.00949. The molecule has 0 aromatic rings. The molecule has 1 fully saturated rings.